The number of rotatable bonds is 5. The van der Waals surface area contributed by atoms with E-state index in [0.29, 0.717) is 10.9 Å². The summed E-state index contributed by atoms with van der Waals surface area (Å²) in [5, 5.41) is 7.15. The Bertz CT molecular complexity index is 1300. The highest BCUT2D eigenvalue weighted by atomic mass is 35.5. The molecule has 3 fully saturated rings. The van der Waals surface area contributed by atoms with E-state index in [2.05, 4.69) is 10.4 Å². The average Bonchev–Trinajstić information content (AvgIpc) is 3.19. The van der Waals surface area contributed by atoms with Crippen molar-refractivity contribution in [2.24, 2.45) is 11.7 Å². The molecule has 0 spiro atoms. The summed E-state index contributed by atoms with van der Waals surface area (Å²) in [6.45, 7) is -0.272. The Morgan fingerprint density at radius 3 is 2.56 bits per heavy atom. The maximum atomic E-state index is 14.9. The average molecular weight is 484 g/mol. The largest absolute Gasteiger partial charge is 0.364 e. The van der Waals surface area contributed by atoms with Gasteiger partial charge >= 0.3 is 0 Å². The number of nitrogens with one attached hydrogen (secondary N) is 1. The summed E-state index contributed by atoms with van der Waals surface area (Å²) >= 11 is 6.01. The highest BCUT2D eigenvalue weighted by Crippen LogP contribution is 2.43. The molecular weight excluding hydrogens is 461 g/mol. The number of nitrogens with two attached hydrogens (primary N) is 1. The fraction of sp³-hybridized carbons (Fsp3) is 0.333. The number of carbonyl (C=O) groups is 3. The highest BCUT2D eigenvalue weighted by Gasteiger charge is 2.46. The van der Waals surface area contributed by atoms with Crippen LogP contribution in [-0.2, 0) is 16.1 Å². The van der Waals surface area contributed by atoms with Crippen LogP contribution in [0.15, 0.2) is 42.5 Å². The van der Waals surface area contributed by atoms with Gasteiger partial charge in [0.25, 0.3) is 5.91 Å². The minimum atomic E-state index is -0.705. The molecule has 6 rings (SSSR count). The lowest BCUT2D eigenvalue weighted by Crippen LogP contribution is -2.62. The summed E-state index contributed by atoms with van der Waals surface area (Å²) in [6.07, 6.45) is 3.37. The number of carbonyl (C=O) groups excluding carboxylic acids is 3. The van der Waals surface area contributed by atoms with Crippen LogP contribution in [0.3, 0.4) is 0 Å². The number of amides is 3. The van der Waals surface area contributed by atoms with Crippen LogP contribution in [0.4, 0.5) is 10.1 Å². The van der Waals surface area contributed by atoms with E-state index >= 15 is 0 Å². The number of primary amides is 1. The van der Waals surface area contributed by atoms with E-state index in [4.69, 9.17) is 17.3 Å². The number of aromatic nitrogens is 2. The van der Waals surface area contributed by atoms with Crippen molar-refractivity contribution in [1.29, 1.82) is 0 Å². The third-order valence-electron chi connectivity index (χ3n) is 6.81. The Kier molecular flexibility index (Phi) is 5.73. The van der Waals surface area contributed by atoms with Gasteiger partial charge < -0.3 is 10.6 Å². The van der Waals surface area contributed by atoms with Gasteiger partial charge in [-0.25, -0.2) is 4.39 Å². The number of para-hydroxylation sites is 1. The van der Waals surface area contributed by atoms with Crippen LogP contribution in [0, 0.1) is 11.7 Å². The Morgan fingerprint density at radius 2 is 1.82 bits per heavy atom. The minimum absolute atomic E-state index is 0.00278. The van der Waals surface area contributed by atoms with E-state index in [1.165, 1.54) is 10.7 Å². The second-order valence-corrected chi connectivity index (χ2v) is 9.20. The van der Waals surface area contributed by atoms with Crippen molar-refractivity contribution in [1.82, 2.24) is 15.1 Å². The van der Waals surface area contributed by atoms with Crippen molar-refractivity contribution in [2.45, 2.75) is 44.3 Å². The molecule has 3 heterocycles. The van der Waals surface area contributed by atoms with Gasteiger partial charge in [0.2, 0.25) is 11.8 Å². The highest BCUT2D eigenvalue weighted by molar-refractivity contribution is 6.31. The molecule has 1 aromatic heterocycles. The Balaban J connectivity index is 1.39. The topological polar surface area (TPSA) is 110 Å². The van der Waals surface area contributed by atoms with Gasteiger partial charge in [-0.2, -0.15) is 5.10 Å². The SMILES string of the molecule is NC(=O)c1nn(CC(=O)NC(=O)C2C3CCC(CC3)N2c2cccc(Cl)c2F)c2ccccc12. The standard InChI is InChI=1S/C24H23ClFN5O3/c25-16-5-3-7-18(20(16)26)31-14-10-8-13(9-11-14)22(31)24(34)28-19(32)12-30-17-6-2-1-4-15(17)21(29-30)23(27)33/h1-7,13-14,22H,8-12H2,(H2,27,33)(H,28,32,34). The molecule has 1 unspecified atom stereocenters. The number of fused-ring (bicyclic) bond motifs is 4. The second-order valence-electron chi connectivity index (χ2n) is 8.79. The van der Waals surface area contributed by atoms with Crippen LogP contribution in [0.1, 0.15) is 36.2 Å². The molecule has 1 aliphatic carbocycles. The van der Waals surface area contributed by atoms with Gasteiger partial charge in [0.1, 0.15) is 12.6 Å². The van der Waals surface area contributed by atoms with Crippen molar-refractivity contribution >= 4 is 45.9 Å². The Labute approximate surface area is 199 Å². The van der Waals surface area contributed by atoms with E-state index < -0.39 is 29.6 Å². The number of hydrogen-bond acceptors (Lipinski definition) is 5. The number of hydrogen-bond donors (Lipinski definition) is 2. The van der Waals surface area contributed by atoms with Crippen molar-refractivity contribution in [3.05, 3.63) is 59.0 Å². The van der Waals surface area contributed by atoms with Gasteiger partial charge in [0.05, 0.1) is 16.2 Å². The fourth-order valence-electron chi connectivity index (χ4n) is 5.35. The predicted molar refractivity (Wildman–Crippen MR) is 125 cm³/mol. The molecule has 3 N–H and O–H groups in total. The van der Waals surface area contributed by atoms with Gasteiger partial charge in [-0.3, -0.25) is 24.4 Å². The normalized spacial score (nSPS) is 21.6. The van der Waals surface area contributed by atoms with Gasteiger partial charge in [-0.05, 0) is 49.8 Å². The lowest BCUT2D eigenvalue weighted by Gasteiger charge is -2.51. The molecule has 3 aliphatic rings. The summed E-state index contributed by atoms with van der Waals surface area (Å²) in [4.78, 5) is 39.7. The number of anilines is 1. The third kappa shape index (κ3) is 3.79. The fourth-order valence-corrected chi connectivity index (χ4v) is 5.51. The zero-order valence-corrected chi connectivity index (χ0v) is 19.0. The first-order valence-electron chi connectivity index (χ1n) is 11.2. The zero-order chi connectivity index (χ0) is 24.0. The van der Waals surface area contributed by atoms with Crippen molar-refractivity contribution in [2.75, 3.05) is 4.90 Å². The molecule has 176 valence electrons. The van der Waals surface area contributed by atoms with Crippen LogP contribution in [0.5, 0.6) is 0 Å². The van der Waals surface area contributed by atoms with Gasteiger partial charge in [-0.1, -0.05) is 35.9 Å². The van der Waals surface area contributed by atoms with Crippen LogP contribution in [-0.4, -0.2) is 39.6 Å². The van der Waals surface area contributed by atoms with Crippen LogP contribution < -0.4 is 16.0 Å². The summed E-state index contributed by atoms with van der Waals surface area (Å²) in [5.74, 6) is -2.33. The minimum Gasteiger partial charge on any atom is -0.364 e. The molecule has 2 aliphatic heterocycles. The first-order chi connectivity index (χ1) is 16.3. The zero-order valence-electron chi connectivity index (χ0n) is 18.2. The van der Waals surface area contributed by atoms with Crippen LogP contribution in [0.2, 0.25) is 5.02 Å². The monoisotopic (exact) mass is 483 g/mol. The molecule has 8 nitrogen and oxygen atoms in total. The lowest BCUT2D eigenvalue weighted by molar-refractivity contribution is -0.133. The first kappa shape index (κ1) is 22.3. The van der Waals surface area contributed by atoms with Gasteiger partial charge in [-0.15, -0.1) is 0 Å². The van der Waals surface area contributed by atoms with Gasteiger partial charge in [0.15, 0.2) is 11.5 Å². The van der Waals surface area contributed by atoms with E-state index in [-0.39, 0.29) is 34.9 Å². The quantitative estimate of drug-likeness (QED) is 0.579. The second kappa shape index (κ2) is 8.72. The molecule has 2 aromatic carbocycles. The number of nitrogens with zero attached hydrogens (tertiary/aromatic N) is 3. The molecule has 1 saturated carbocycles. The van der Waals surface area contributed by atoms with E-state index in [1.807, 2.05) is 0 Å². The molecule has 0 radical (unpaired) electrons. The third-order valence-corrected chi connectivity index (χ3v) is 7.10. The maximum absolute atomic E-state index is 14.9. The molecule has 1 atom stereocenters. The summed E-state index contributed by atoms with van der Waals surface area (Å²) in [6, 6.07) is 11.0. The van der Waals surface area contributed by atoms with Crippen LogP contribution in [0.25, 0.3) is 10.9 Å². The number of halogens is 2. The molecule has 3 aromatic rings. The van der Waals surface area contributed by atoms with Crippen molar-refractivity contribution in [3.63, 3.8) is 0 Å². The maximum Gasteiger partial charge on any atom is 0.269 e. The molecule has 3 amide bonds. The lowest BCUT2D eigenvalue weighted by atomic mass is 9.74. The van der Waals surface area contributed by atoms with E-state index in [1.54, 1.807) is 41.3 Å². The summed E-state index contributed by atoms with van der Waals surface area (Å²) in [7, 11) is 0. The Morgan fingerprint density at radius 1 is 1.09 bits per heavy atom. The molecule has 2 bridgehead atoms. The number of imide groups is 1. The molecule has 34 heavy (non-hydrogen) atoms. The van der Waals surface area contributed by atoms with E-state index in [9.17, 15) is 18.8 Å². The van der Waals surface area contributed by atoms with Crippen LogP contribution >= 0.6 is 11.6 Å². The predicted octanol–water partition coefficient (Wildman–Crippen LogP) is 3.02. The summed E-state index contributed by atoms with van der Waals surface area (Å²) in [5.41, 5.74) is 6.30. The van der Waals surface area contributed by atoms with Gasteiger partial charge in [0, 0.05) is 11.4 Å². The first-order valence-corrected chi connectivity index (χ1v) is 11.5. The Hall–Kier alpha value is -3.46. The number of piperidine rings is 2. The molecular formula is C24H23ClFN5O3. The van der Waals surface area contributed by atoms with Crippen molar-refractivity contribution < 1.29 is 18.8 Å². The summed E-state index contributed by atoms with van der Waals surface area (Å²) < 4.78 is 16.2. The smallest absolute Gasteiger partial charge is 0.269 e. The molecule has 10 heteroatoms. The number of benzene rings is 2. The van der Waals surface area contributed by atoms with Crippen molar-refractivity contribution in [3.8, 4) is 0 Å². The molecule has 2 saturated heterocycles. The van der Waals surface area contributed by atoms with E-state index in [0.717, 1.165) is 25.7 Å².